The van der Waals surface area contributed by atoms with E-state index < -0.39 is 11.8 Å². The summed E-state index contributed by atoms with van der Waals surface area (Å²) in [5.41, 5.74) is 5.50. The molecule has 0 atom stereocenters. The van der Waals surface area contributed by atoms with Crippen LogP contribution in [0.1, 0.15) is 53.3 Å². The van der Waals surface area contributed by atoms with Gasteiger partial charge < -0.3 is 18.9 Å². The van der Waals surface area contributed by atoms with Gasteiger partial charge >= 0.3 is 0 Å². The molecule has 0 aliphatic carbocycles. The molecule has 2 amide bonds. The summed E-state index contributed by atoms with van der Waals surface area (Å²) < 4.78 is 22.3. The van der Waals surface area contributed by atoms with Gasteiger partial charge in [0.15, 0.2) is 16.6 Å². The molecule has 0 spiro atoms. The van der Waals surface area contributed by atoms with Crippen LogP contribution < -0.4 is 35.1 Å². The van der Waals surface area contributed by atoms with Crippen LogP contribution in [0.2, 0.25) is 0 Å². The van der Waals surface area contributed by atoms with Crippen molar-refractivity contribution in [2.24, 2.45) is 0 Å². The van der Waals surface area contributed by atoms with Crippen molar-refractivity contribution in [1.29, 1.82) is 0 Å². The van der Waals surface area contributed by atoms with Crippen molar-refractivity contribution in [3.63, 3.8) is 0 Å². The zero-order valence-electron chi connectivity index (χ0n) is 20.2. The number of carbonyl (C=O) groups excluding carboxylic acids is 2. The van der Waals surface area contributed by atoms with Gasteiger partial charge in [-0.1, -0.05) is 42.1 Å². The summed E-state index contributed by atoms with van der Waals surface area (Å²) in [6.07, 6.45) is 4.23. The van der Waals surface area contributed by atoms with Crippen molar-refractivity contribution in [1.82, 2.24) is 16.2 Å². The molecule has 9 nitrogen and oxygen atoms in total. The van der Waals surface area contributed by atoms with Crippen LogP contribution >= 0.6 is 28.1 Å². The molecule has 2 rings (SSSR count). The van der Waals surface area contributed by atoms with Gasteiger partial charge in [0, 0.05) is 10.0 Å². The summed E-state index contributed by atoms with van der Waals surface area (Å²) in [7, 11) is 4.37. The fraction of sp³-hybridized carbons (Fsp3) is 0.375. The number of unbranched alkanes of at least 4 members (excludes halogenated alkanes) is 3. The van der Waals surface area contributed by atoms with Crippen LogP contribution in [0.15, 0.2) is 34.8 Å². The Labute approximate surface area is 218 Å². The average Bonchev–Trinajstić information content (AvgIpc) is 2.86. The average molecular weight is 568 g/mol. The van der Waals surface area contributed by atoms with E-state index >= 15 is 0 Å². The number of hydrogen-bond acceptors (Lipinski definition) is 7. The smallest absolute Gasteiger partial charge is 0.269 e. The molecule has 0 aromatic heterocycles. The minimum atomic E-state index is -0.528. The quantitative estimate of drug-likeness (QED) is 0.208. The predicted octanol–water partition coefficient (Wildman–Crippen LogP) is 4.38. The number of hydrazine groups is 1. The highest BCUT2D eigenvalue weighted by Crippen LogP contribution is 2.38. The molecule has 0 aliphatic rings. The Kier molecular flexibility index (Phi) is 11.6. The zero-order chi connectivity index (χ0) is 25.8. The van der Waals surface area contributed by atoms with Crippen molar-refractivity contribution < 1.29 is 28.5 Å². The summed E-state index contributed by atoms with van der Waals surface area (Å²) in [5.74, 6) is 0.453. The van der Waals surface area contributed by atoms with E-state index in [1.54, 1.807) is 18.2 Å². The summed E-state index contributed by atoms with van der Waals surface area (Å²) >= 11 is 8.54. The molecular formula is C24H30BrN3O6S. The maximum atomic E-state index is 12.8. The molecule has 0 bridgehead atoms. The van der Waals surface area contributed by atoms with E-state index in [4.69, 9.17) is 31.2 Å². The topological polar surface area (TPSA) is 107 Å². The van der Waals surface area contributed by atoms with Crippen LogP contribution in [0.3, 0.4) is 0 Å². The first-order chi connectivity index (χ1) is 16.8. The molecule has 35 heavy (non-hydrogen) atoms. The number of carbonyl (C=O) groups is 2. The summed E-state index contributed by atoms with van der Waals surface area (Å²) in [6.45, 7) is 2.65. The van der Waals surface area contributed by atoms with Crippen molar-refractivity contribution >= 4 is 45.1 Å². The number of nitrogens with one attached hydrogen (secondary N) is 3. The Bertz CT molecular complexity index is 1020. The minimum Gasteiger partial charge on any atom is -0.493 e. The lowest BCUT2D eigenvalue weighted by Gasteiger charge is -2.15. The van der Waals surface area contributed by atoms with Crippen LogP contribution in [0.4, 0.5) is 0 Å². The third-order valence-corrected chi connectivity index (χ3v) is 5.58. The number of amides is 2. The number of rotatable bonds is 11. The molecule has 2 aromatic carbocycles. The fourth-order valence-electron chi connectivity index (χ4n) is 3.12. The number of ether oxygens (including phenoxy) is 4. The highest BCUT2D eigenvalue weighted by Gasteiger charge is 2.18. The Morgan fingerprint density at radius 1 is 0.886 bits per heavy atom. The van der Waals surface area contributed by atoms with Gasteiger partial charge in [0.05, 0.1) is 33.5 Å². The van der Waals surface area contributed by atoms with Gasteiger partial charge in [-0.3, -0.25) is 25.8 Å². The van der Waals surface area contributed by atoms with Crippen molar-refractivity contribution in [2.75, 3.05) is 27.9 Å². The van der Waals surface area contributed by atoms with Crippen LogP contribution in [-0.4, -0.2) is 44.9 Å². The van der Waals surface area contributed by atoms with Crippen molar-refractivity contribution in [2.45, 2.75) is 32.6 Å². The number of thiocarbonyl (C=S) groups is 1. The first-order valence-corrected chi connectivity index (χ1v) is 12.2. The normalized spacial score (nSPS) is 10.2. The molecular weight excluding hydrogens is 538 g/mol. The minimum absolute atomic E-state index is 0.0929. The van der Waals surface area contributed by atoms with Gasteiger partial charge in [0.2, 0.25) is 5.75 Å². The van der Waals surface area contributed by atoms with Gasteiger partial charge in [-0.15, -0.1) is 0 Å². The van der Waals surface area contributed by atoms with Gasteiger partial charge in [-0.25, -0.2) is 0 Å². The molecule has 11 heteroatoms. The van der Waals surface area contributed by atoms with Gasteiger partial charge in [0.1, 0.15) is 5.75 Å². The van der Waals surface area contributed by atoms with Gasteiger partial charge in [0.25, 0.3) is 11.8 Å². The Morgan fingerprint density at radius 2 is 1.57 bits per heavy atom. The van der Waals surface area contributed by atoms with Crippen molar-refractivity contribution in [3.05, 3.63) is 45.9 Å². The maximum Gasteiger partial charge on any atom is 0.269 e. The second-order valence-corrected chi connectivity index (χ2v) is 8.65. The number of methoxy groups -OCH3 is 3. The summed E-state index contributed by atoms with van der Waals surface area (Å²) in [6, 6.07) is 8.15. The molecule has 0 fully saturated rings. The molecule has 0 heterocycles. The SMILES string of the molecule is CCCCCCOc1ccc(Br)cc1C(=O)NC(=S)NNC(=O)c1cc(OC)c(OC)c(OC)c1. The van der Waals surface area contributed by atoms with Gasteiger partial charge in [-0.05, 0) is 49.0 Å². The first-order valence-electron chi connectivity index (χ1n) is 11.0. The third kappa shape index (κ3) is 8.29. The molecule has 0 unspecified atom stereocenters. The van der Waals surface area contributed by atoms with Crippen LogP contribution in [-0.2, 0) is 0 Å². The highest BCUT2D eigenvalue weighted by molar-refractivity contribution is 9.10. The van der Waals surface area contributed by atoms with E-state index in [1.165, 1.54) is 33.5 Å². The number of hydrogen-bond donors (Lipinski definition) is 3. The van der Waals surface area contributed by atoms with E-state index in [0.717, 1.165) is 30.2 Å². The van der Waals surface area contributed by atoms with Crippen LogP contribution in [0, 0.1) is 0 Å². The van der Waals surface area contributed by atoms with E-state index in [0.29, 0.717) is 35.2 Å². The monoisotopic (exact) mass is 567 g/mol. The second-order valence-electron chi connectivity index (χ2n) is 7.33. The number of benzene rings is 2. The predicted molar refractivity (Wildman–Crippen MR) is 141 cm³/mol. The second kappa shape index (κ2) is 14.4. The molecule has 0 aliphatic heterocycles. The van der Waals surface area contributed by atoms with Crippen molar-refractivity contribution in [3.8, 4) is 23.0 Å². The molecule has 2 aromatic rings. The van der Waals surface area contributed by atoms with E-state index in [1.807, 2.05) is 0 Å². The fourth-order valence-corrected chi connectivity index (χ4v) is 3.62. The lowest BCUT2D eigenvalue weighted by Crippen LogP contribution is -2.48. The standard InChI is InChI=1S/C24H30BrN3O6S/c1-5-6-7-8-11-34-18-10-9-16(25)14-17(18)23(30)26-24(35)28-27-22(29)15-12-19(31-2)21(33-4)20(13-15)32-3/h9-10,12-14H,5-8,11H2,1-4H3,(H,27,29)(H2,26,28,30,35). The Balaban J connectivity index is 2.00. The Hall–Kier alpha value is -3.05. The molecule has 0 saturated heterocycles. The first kappa shape index (κ1) is 28.2. The highest BCUT2D eigenvalue weighted by atomic mass is 79.9. The van der Waals surface area contributed by atoms with Crippen LogP contribution in [0.25, 0.3) is 0 Å². The van der Waals surface area contributed by atoms with E-state index in [-0.39, 0.29) is 10.7 Å². The maximum absolute atomic E-state index is 12.8. The lowest BCUT2D eigenvalue weighted by atomic mass is 10.1. The Morgan fingerprint density at radius 3 is 2.17 bits per heavy atom. The van der Waals surface area contributed by atoms with Gasteiger partial charge in [-0.2, -0.15) is 0 Å². The molecule has 0 radical (unpaired) electrons. The summed E-state index contributed by atoms with van der Waals surface area (Å²) in [4.78, 5) is 25.4. The lowest BCUT2D eigenvalue weighted by molar-refractivity contribution is 0.0933. The number of halogens is 1. The largest absolute Gasteiger partial charge is 0.493 e. The van der Waals surface area contributed by atoms with Crippen LogP contribution in [0.5, 0.6) is 23.0 Å². The van der Waals surface area contributed by atoms with E-state index in [9.17, 15) is 9.59 Å². The van der Waals surface area contributed by atoms with E-state index in [2.05, 4.69) is 39.0 Å². The molecule has 3 N–H and O–H groups in total. The zero-order valence-corrected chi connectivity index (χ0v) is 22.6. The third-order valence-electron chi connectivity index (χ3n) is 4.89. The summed E-state index contributed by atoms with van der Waals surface area (Å²) in [5, 5.41) is 2.45. The molecule has 190 valence electrons. The molecule has 0 saturated carbocycles.